The zero-order chi connectivity index (χ0) is 23.3. The Morgan fingerprint density at radius 3 is 2.34 bits per heavy atom. The molecular weight excluding hydrogens is 398 g/mol. The Kier molecular flexibility index (Phi) is 6.94. The largest absolute Gasteiger partial charge is 0.457 e. The van der Waals surface area contributed by atoms with Crippen LogP contribution in [0.4, 0.5) is 0 Å². The molecule has 32 heavy (non-hydrogen) atoms. The third-order valence-corrected chi connectivity index (χ3v) is 5.47. The van der Waals surface area contributed by atoms with Gasteiger partial charge in [-0.15, -0.1) is 0 Å². The van der Waals surface area contributed by atoms with E-state index >= 15 is 0 Å². The topological polar surface area (TPSA) is 55.4 Å². The SMILES string of the molecule is C=C(C)c1cccc(C(C)(C)NC(=O)c2cc(Oc3ccc(CC)cc3)ccc2C=O)c1. The molecule has 0 heterocycles. The minimum absolute atomic E-state index is 0.270. The van der Waals surface area contributed by atoms with Crippen molar-refractivity contribution in [2.75, 3.05) is 0 Å². The highest BCUT2D eigenvalue weighted by atomic mass is 16.5. The first-order valence-electron chi connectivity index (χ1n) is 10.7. The van der Waals surface area contributed by atoms with Gasteiger partial charge in [0, 0.05) is 5.56 Å². The summed E-state index contributed by atoms with van der Waals surface area (Å²) < 4.78 is 5.92. The lowest BCUT2D eigenvalue weighted by Crippen LogP contribution is -2.41. The number of benzene rings is 3. The molecule has 164 valence electrons. The molecule has 0 atom stereocenters. The summed E-state index contributed by atoms with van der Waals surface area (Å²) in [6, 6.07) is 20.6. The van der Waals surface area contributed by atoms with Crippen LogP contribution < -0.4 is 10.1 Å². The van der Waals surface area contributed by atoms with Crippen molar-refractivity contribution in [2.24, 2.45) is 0 Å². The second kappa shape index (κ2) is 9.65. The number of carbonyl (C=O) groups excluding carboxylic acids is 2. The summed E-state index contributed by atoms with van der Waals surface area (Å²) in [6.07, 6.45) is 1.63. The molecule has 4 heteroatoms. The molecular formula is C28H29NO3. The van der Waals surface area contributed by atoms with Crippen molar-refractivity contribution in [1.82, 2.24) is 5.32 Å². The predicted octanol–water partition coefficient (Wildman–Crippen LogP) is 6.55. The van der Waals surface area contributed by atoms with E-state index in [-0.39, 0.29) is 11.5 Å². The van der Waals surface area contributed by atoms with E-state index in [1.165, 1.54) is 5.56 Å². The summed E-state index contributed by atoms with van der Waals surface area (Å²) >= 11 is 0. The van der Waals surface area contributed by atoms with Gasteiger partial charge in [0.1, 0.15) is 11.5 Å². The van der Waals surface area contributed by atoms with Gasteiger partial charge in [0.2, 0.25) is 0 Å². The molecule has 4 nitrogen and oxygen atoms in total. The summed E-state index contributed by atoms with van der Waals surface area (Å²) in [5, 5.41) is 3.05. The molecule has 1 amide bonds. The number of allylic oxidation sites excluding steroid dienone is 1. The van der Waals surface area contributed by atoms with Crippen LogP contribution in [0.1, 0.15) is 65.1 Å². The Morgan fingerprint density at radius 2 is 1.72 bits per heavy atom. The Balaban J connectivity index is 1.85. The maximum atomic E-state index is 13.2. The number of carbonyl (C=O) groups is 2. The molecule has 0 bridgehead atoms. The normalized spacial score (nSPS) is 11.0. The predicted molar refractivity (Wildman–Crippen MR) is 129 cm³/mol. The fourth-order valence-electron chi connectivity index (χ4n) is 3.42. The van der Waals surface area contributed by atoms with Crippen molar-refractivity contribution in [2.45, 2.75) is 39.7 Å². The minimum atomic E-state index is -0.657. The first-order valence-corrected chi connectivity index (χ1v) is 10.7. The monoisotopic (exact) mass is 427 g/mol. The zero-order valence-electron chi connectivity index (χ0n) is 19.1. The molecule has 0 aliphatic carbocycles. The fourth-order valence-corrected chi connectivity index (χ4v) is 3.42. The van der Waals surface area contributed by atoms with Crippen molar-refractivity contribution in [1.29, 1.82) is 0 Å². The number of aryl methyl sites for hydroxylation is 1. The molecule has 0 spiro atoms. The first kappa shape index (κ1) is 23.0. The van der Waals surface area contributed by atoms with Crippen LogP contribution in [0.25, 0.3) is 5.57 Å². The summed E-state index contributed by atoms with van der Waals surface area (Å²) in [7, 11) is 0. The summed E-state index contributed by atoms with van der Waals surface area (Å²) in [5.74, 6) is 0.820. The molecule has 0 aliphatic heterocycles. The Hall–Kier alpha value is -3.66. The quantitative estimate of drug-likeness (QED) is 0.415. The molecule has 0 saturated carbocycles. The van der Waals surface area contributed by atoms with Gasteiger partial charge in [-0.3, -0.25) is 9.59 Å². The molecule has 0 aliphatic rings. The van der Waals surface area contributed by atoms with Gasteiger partial charge in [-0.2, -0.15) is 0 Å². The Labute approximate surface area is 189 Å². The number of rotatable bonds is 8. The van der Waals surface area contributed by atoms with Gasteiger partial charge in [0.25, 0.3) is 5.91 Å². The van der Waals surface area contributed by atoms with Gasteiger partial charge in [-0.1, -0.05) is 49.4 Å². The van der Waals surface area contributed by atoms with E-state index in [1.54, 1.807) is 18.2 Å². The van der Waals surface area contributed by atoms with Crippen LogP contribution in [0.3, 0.4) is 0 Å². The highest BCUT2D eigenvalue weighted by Gasteiger charge is 2.25. The maximum absolute atomic E-state index is 13.2. The molecule has 0 radical (unpaired) electrons. The van der Waals surface area contributed by atoms with Gasteiger partial charge < -0.3 is 10.1 Å². The molecule has 3 aromatic carbocycles. The Morgan fingerprint density at radius 1 is 1.03 bits per heavy atom. The highest BCUT2D eigenvalue weighted by Crippen LogP contribution is 2.27. The van der Waals surface area contributed by atoms with E-state index in [1.807, 2.05) is 69.3 Å². The van der Waals surface area contributed by atoms with Crippen molar-refractivity contribution in [3.8, 4) is 11.5 Å². The van der Waals surface area contributed by atoms with Crippen molar-refractivity contribution < 1.29 is 14.3 Å². The van der Waals surface area contributed by atoms with Crippen molar-refractivity contribution in [3.63, 3.8) is 0 Å². The Bertz CT molecular complexity index is 1140. The number of aldehydes is 1. The molecule has 0 fully saturated rings. The molecule has 0 unspecified atom stereocenters. The van der Waals surface area contributed by atoms with Crippen LogP contribution in [0.5, 0.6) is 11.5 Å². The smallest absolute Gasteiger partial charge is 0.252 e. The maximum Gasteiger partial charge on any atom is 0.252 e. The average molecular weight is 428 g/mol. The van der Waals surface area contributed by atoms with Crippen LogP contribution in [-0.4, -0.2) is 12.2 Å². The number of hydrogen-bond acceptors (Lipinski definition) is 3. The second-order valence-electron chi connectivity index (χ2n) is 8.41. The third kappa shape index (κ3) is 5.33. The lowest BCUT2D eigenvalue weighted by Gasteiger charge is -2.28. The summed E-state index contributed by atoms with van der Waals surface area (Å²) in [6.45, 7) is 11.9. The molecule has 3 rings (SSSR count). The molecule has 3 aromatic rings. The van der Waals surface area contributed by atoms with Gasteiger partial charge in [0.05, 0.1) is 11.1 Å². The van der Waals surface area contributed by atoms with Gasteiger partial charge in [0.15, 0.2) is 6.29 Å². The first-order chi connectivity index (χ1) is 15.2. The lowest BCUT2D eigenvalue weighted by molar-refractivity contribution is 0.0907. The lowest BCUT2D eigenvalue weighted by atomic mass is 9.91. The molecule has 0 aromatic heterocycles. The minimum Gasteiger partial charge on any atom is -0.457 e. The number of nitrogens with one attached hydrogen (secondary N) is 1. The zero-order valence-corrected chi connectivity index (χ0v) is 19.1. The number of amides is 1. The number of hydrogen-bond donors (Lipinski definition) is 1. The van der Waals surface area contributed by atoms with E-state index in [9.17, 15) is 9.59 Å². The van der Waals surface area contributed by atoms with E-state index < -0.39 is 5.54 Å². The van der Waals surface area contributed by atoms with Crippen LogP contribution in [0, 0.1) is 0 Å². The van der Waals surface area contributed by atoms with E-state index in [4.69, 9.17) is 4.74 Å². The van der Waals surface area contributed by atoms with Gasteiger partial charge in [-0.25, -0.2) is 0 Å². The van der Waals surface area contributed by atoms with Crippen molar-refractivity contribution >= 4 is 17.8 Å². The fraction of sp³-hybridized carbons (Fsp3) is 0.214. The van der Waals surface area contributed by atoms with Crippen LogP contribution >= 0.6 is 0 Å². The third-order valence-electron chi connectivity index (χ3n) is 5.47. The molecule has 0 saturated heterocycles. The average Bonchev–Trinajstić information content (AvgIpc) is 2.79. The molecule has 1 N–H and O–H groups in total. The number of ether oxygens (including phenoxy) is 1. The van der Waals surface area contributed by atoms with Crippen LogP contribution in [0.2, 0.25) is 0 Å². The second-order valence-corrected chi connectivity index (χ2v) is 8.41. The van der Waals surface area contributed by atoms with Gasteiger partial charge >= 0.3 is 0 Å². The standard InChI is InChI=1S/C28H29NO3/c1-6-20-10-13-24(14-11-20)32-25-15-12-22(18-30)26(17-25)27(31)29-28(4,5)23-9-7-8-21(16-23)19(2)3/h7-18H,2,6H2,1,3-5H3,(H,29,31). The van der Waals surface area contributed by atoms with Crippen LogP contribution in [0.15, 0.2) is 73.3 Å². The van der Waals surface area contributed by atoms with Crippen LogP contribution in [-0.2, 0) is 12.0 Å². The highest BCUT2D eigenvalue weighted by molar-refractivity contribution is 6.02. The van der Waals surface area contributed by atoms with Crippen molar-refractivity contribution in [3.05, 3.63) is 101 Å². The van der Waals surface area contributed by atoms with E-state index in [0.717, 1.165) is 23.1 Å². The van der Waals surface area contributed by atoms with E-state index in [2.05, 4.69) is 18.8 Å². The van der Waals surface area contributed by atoms with Gasteiger partial charge in [-0.05, 0) is 80.3 Å². The summed E-state index contributed by atoms with van der Waals surface area (Å²) in [5.41, 5.74) is 4.05. The van der Waals surface area contributed by atoms with E-state index in [0.29, 0.717) is 23.3 Å². The summed E-state index contributed by atoms with van der Waals surface area (Å²) in [4.78, 5) is 24.8.